The summed E-state index contributed by atoms with van der Waals surface area (Å²) in [6.07, 6.45) is 1.99. The van der Waals surface area contributed by atoms with E-state index in [4.69, 9.17) is 10.6 Å². The lowest BCUT2D eigenvalue weighted by molar-refractivity contribution is 0.145. The normalized spacial score (nSPS) is 11.4. The van der Waals surface area contributed by atoms with Gasteiger partial charge in [0.25, 0.3) is 0 Å². The van der Waals surface area contributed by atoms with Gasteiger partial charge in [0.05, 0.1) is 6.54 Å². The number of hydrazine groups is 1. The number of hydrogen-bond acceptors (Lipinski definition) is 3. The van der Waals surface area contributed by atoms with Crippen LogP contribution in [-0.2, 0) is 17.7 Å². The fraction of sp³-hybridized carbons (Fsp3) is 0.533. The zero-order valence-corrected chi connectivity index (χ0v) is 12.5. The molecule has 4 N–H and O–H groups in total. The van der Waals surface area contributed by atoms with Crippen molar-refractivity contribution in [3.63, 3.8) is 0 Å². The van der Waals surface area contributed by atoms with E-state index in [1.807, 2.05) is 6.92 Å². The minimum absolute atomic E-state index is 0.612. The van der Waals surface area contributed by atoms with Crippen LogP contribution < -0.4 is 16.6 Å². The second kappa shape index (κ2) is 10.2. The summed E-state index contributed by atoms with van der Waals surface area (Å²) in [5, 5.41) is 3.16. The van der Waals surface area contributed by atoms with Gasteiger partial charge in [-0.25, -0.2) is 10.8 Å². The van der Waals surface area contributed by atoms with Crippen LogP contribution >= 0.6 is 0 Å². The number of hydrogen-bond donors (Lipinski definition) is 3. The predicted molar refractivity (Wildman–Crippen MR) is 83.4 cm³/mol. The van der Waals surface area contributed by atoms with Crippen molar-refractivity contribution in [2.24, 2.45) is 10.8 Å². The highest BCUT2D eigenvalue weighted by Gasteiger charge is 1.97. The fourth-order valence-electron chi connectivity index (χ4n) is 1.73. The molecule has 0 aromatic heterocycles. The van der Waals surface area contributed by atoms with Gasteiger partial charge in [0.15, 0.2) is 0 Å². The molecule has 0 aliphatic carbocycles. The number of guanidine groups is 1. The number of nitrogens with two attached hydrogens (primary N) is 1. The van der Waals surface area contributed by atoms with Crippen LogP contribution in [0.2, 0.25) is 0 Å². The number of nitrogens with zero attached hydrogens (tertiary/aromatic N) is 1. The van der Waals surface area contributed by atoms with Gasteiger partial charge in [-0.05, 0) is 30.9 Å². The van der Waals surface area contributed by atoms with Crippen molar-refractivity contribution >= 4 is 5.96 Å². The Morgan fingerprint density at radius 2 is 1.90 bits per heavy atom. The molecule has 1 aromatic carbocycles. The molecule has 0 unspecified atom stereocenters. The van der Waals surface area contributed by atoms with Crippen LogP contribution in [0.4, 0.5) is 0 Å². The van der Waals surface area contributed by atoms with Crippen LogP contribution in [0.1, 0.15) is 31.4 Å². The van der Waals surface area contributed by atoms with E-state index in [2.05, 4.69) is 46.9 Å². The van der Waals surface area contributed by atoms with Crippen LogP contribution in [0.25, 0.3) is 0 Å². The molecular weight excluding hydrogens is 252 g/mol. The Balaban J connectivity index is 2.35. The van der Waals surface area contributed by atoms with E-state index in [-0.39, 0.29) is 0 Å². The van der Waals surface area contributed by atoms with E-state index >= 15 is 0 Å². The molecule has 5 heteroatoms. The first-order chi connectivity index (χ1) is 9.80. The van der Waals surface area contributed by atoms with E-state index < -0.39 is 0 Å². The van der Waals surface area contributed by atoms with Crippen molar-refractivity contribution in [2.45, 2.75) is 33.2 Å². The molecule has 112 valence electrons. The first-order valence-electron chi connectivity index (χ1n) is 7.20. The molecule has 0 bridgehead atoms. The van der Waals surface area contributed by atoms with E-state index in [1.54, 1.807) is 0 Å². The summed E-state index contributed by atoms with van der Waals surface area (Å²) in [5.74, 6) is 6.06. The van der Waals surface area contributed by atoms with Gasteiger partial charge in [-0.15, -0.1) is 0 Å². The number of rotatable bonds is 8. The number of benzene rings is 1. The average Bonchev–Trinajstić information content (AvgIpc) is 2.50. The van der Waals surface area contributed by atoms with Crippen molar-refractivity contribution in [1.29, 1.82) is 0 Å². The Labute approximate surface area is 121 Å². The molecule has 0 radical (unpaired) electrons. The Morgan fingerprint density at radius 1 is 1.20 bits per heavy atom. The molecule has 1 rings (SSSR count). The summed E-state index contributed by atoms with van der Waals surface area (Å²) >= 11 is 0. The van der Waals surface area contributed by atoms with Gasteiger partial charge in [0, 0.05) is 19.8 Å². The molecule has 0 fully saturated rings. The number of aliphatic imine (C=N–C) groups is 1. The minimum Gasteiger partial charge on any atom is -0.382 e. The monoisotopic (exact) mass is 278 g/mol. The lowest BCUT2D eigenvalue weighted by atomic mass is 10.1. The van der Waals surface area contributed by atoms with E-state index in [0.29, 0.717) is 12.5 Å². The van der Waals surface area contributed by atoms with Crippen molar-refractivity contribution in [3.8, 4) is 0 Å². The van der Waals surface area contributed by atoms with Crippen LogP contribution in [0.5, 0.6) is 0 Å². The maximum Gasteiger partial charge on any atom is 0.206 e. The molecule has 1 aromatic rings. The van der Waals surface area contributed by atoms with Crippen LogP contribution in [0.3, 0.4) is 0 Å². The first kappa shape index (κ1) is 16.5. The second-order valence-electron chi connectivity index (χ2n) is 4.46. The standard InChI is InChI=1S/C15H26N4O/c1-3-13-6-8-14(9-7-13)12-18-15(19-16)17-10-5-11-20-4-2/h6-9H,3-5,10-12,16H2,1-2H3,(H2,17,18,19). The van der Waals surface area contributed by atoms with Crippen LogP contribution in [0, 0.1) is 0 Å². The number of nitrogens with one attached hydrogen (secondary N) is 2. The molecule has 0 heterocycles. The molecular formula is C15H26N4O. The van der Waals surface area contributed by atoms with E-state index in [1.165, 1.54) is 11.1 Å². The second-order valence-corrected chi connectivity index (χ2v) is 4.46. The van der Waals surface area contributed by atoms with E-state index in [9.17, 15) is 0 Å². The Morgan fingerprint density at radius 3 is 2.50 bits per heavy atom. The molecule has 0 saturated heterocycles. The van der Waals surface area contributed by atoms with Crippen molar-refractivity contribution in [3.05, 3.63) is 35.4 Å². The summed E-state index contributed by atoms with van der Waals surface area (Å²) < 4.78 is 5.27. The topological polar surface area (TPSA) is 71.7 Å². The smallest absolute Gasteiger partial charge is 0.206 e. The van der Waals surface area contributed by atoms with Gasteiger partial charge in [0.1, 0.15) is 0 Å². The maximum atomic E-state index is 5.45. The summed E-state index contributed by atoms with van der Waals surface area (Å²) in [6.45, 7) is 7.05. The Kier molecular flexibility index (Phi) is 8.42. The lowest BCUT2D eigenvalue weighted by Gasteiger charge is -2.09. The highest BCUT2D eigenvalue weighted by molar-refractivity contribution is 5.79. The SMILES string of the molecule is CCOCCCNC(=NCc1ccc(CC)cc1)NN. The summed E-state index contributed by atoms with van der Waals surface area (Å²) in [5.41, 5.74) is 5.09. The molecule has 0 aliphatic heterocycles. The van der Waals surface area contributed by atoms with Crippen molar-refractivity contribution in [1.82, 2.24) is 10.7 Å². The third kappa shape index (κ3) is 6.54. The average molecular weight is 278 g/mol. The number of ether oxygens (including phenoxy) is 1. The Bertz CT molecular complexity index is 389. The quantitative estimate of drug-likeness (QED) is 0.222. The van der Waals surface area contributed by atoms with Crippen LogP contribution in [-0.4, -0.2) is 25.7 Å². The third-order valence-corrected chi connectivity index (χ3v) is 2.95. The van der Waals surface area contributed by atoms with Gasteiger partial charge >= 0.3 is 0 Å². The predicted octanol–water partition coefficient (Wildman–Crippen LogP) is 1.58. The summed E-state index contributed by atoms with van der Waals surface area (Å²) in [6, 6.07) is 8.48. The minimum atomic E-state index is 0.612. The summed E-state index contributed by atoms with van der Waals surface area (Å²) in [4.78, 5) is 4.41. The Hall–Kier alpha value is -1.59. The van der Waals surface area contributed by atoms with Gasteiger partial charge in [-0.1, -0.05) is 31.2 Å². The van der Waals surface area contributed by atoms with Gasteiger partial charge in [0.2, 0.25) is 5.96 Å². The lowest BCUT2D eigenvalue weighted by Crippen LogP contribution is -2.42. The maximum absolute atomic E-state index is 5.45. The molecule has 0 spiro atoms. The van der Waals surface area contributed by atoms with Crippen LogP contribution in [0.15, 0.2) is 29.3 Å². The molecule has 5 nitrogen and oxygen atoms in total. The largest absolute Gasteiger partial charge is 0.382 e. The van der Waals surface area contributed by atoms with Gasteiger partial charge < -0.3 is 10.1 Å². The highest BCUT2D eigenvalue weighted by atomic mass is 16.5. The van der Waals surface area contributed by atoms with Gasteiger partial charge in [-0.3, -0.25) is 5.43 Å². The molecule has 0 saturated carbocycles. The molecule has 0 aliphatic rings. The van der Waals surface area contributed by atoms with E-state index in [0.717, 1.165) is 32.6 Å². The molecule has 20 heavy (non-hydrogen) atoms. The molecule has 0 amide bonds. The zero-order valence-electron chi connectivity index (χ0n) is 12.5. The first-order valence-corrected chi connectivity index (χ1v) is 7.20. The zero-order chi connectivity index (χ0) is 14.6. The third-order valence-electron chi connectivity index (χ3n) is 2.95. The van der Waals surface area contributed by atoms with Crippen molar-refractivity contribution in [2.75, 3.05) is 19.8 Å². The fourth-order valence-corrected chi connectivity index (χ4v) is 1.73. The van der Waals surface area contributed by atoms with Gasteiger partial charge in [-0.2, -0.15) is 0 Å². The molecule has 0 atom stereocenters. The number of aryl methyl sites for hydroxylation is 1. The highest BCUT2D eigenvalue weighted by Crippen LogP contribution is 2.05. The van der Waals surface area contributed by atoms with Crippen molar-refractivity contribution < 1.29 is 4.74 Å². The summed E-state index contributed by atoms with van der Waals surface area (Å²) in [7, 11) is 0.